The summed E-state index contributed by atoms with van der Waals surface area (Å²) in [7, 11) is 4.16. The lowest BCUT2D eigenvalue weighted by Crippen LogP contribution is -2.46. The molecule has 17 heavy (non-hydrogen) atoms. The molecule has 0 spiro atoms. The molecule has 1 N–H and O–H groups in total. The summed E-state index contributed by atoms with van der Waals surface area (Å²) in [6, 6.07) is 8.80. The van der Waals surface area contributed by atoms with E-state index in [0.29, 0.717) is 0 Å². The van der Waals surface area contributed by atoms with Gasteiger partial charge in [0.25, 0.3) is 0 Å². The molecule has 0 radical (unpaired) electrons. The second-order valence-corrected chi connectivity index (χ2v) is 4.79. The molecule has 2 unspecified atom stereocenters. The van der Waals surface area contributed by atoms with E-state index >= 15 is 0 Å². The van der Waals surface area contributed by atoms with E-state index in [1.54, 1.807) is 0 Å². The molecule has 0 saturated carbocycles. The first-order chi connectivity index (χ1) is 8.22. The van der Waals surface area contributed by atoms with Gasteiger partial charge in [0.1, 0.15) is 0 Å². The van der Waals surface area contributed by atoms with Crippen LogP contribution in [0.25, 0.3) is 0 Å². The highest BCUT2D eigenvalue weighted by Gasteiger charge is 2.27. The van der Waals surface area contributed by atoms with Crippen molar-refractivity contribution in [3.8, 4) is 0 Å². The number of nitrogens with zero attached hydrogens (tertiary/aromatic N) is 1. The van der Waals surface area contributed by atoms with E-state index in [1.165, 1.54) is 11.1 Å². The smallest absolute Gasteiger partial charge is 0.0896 e. The molecule has 1 aromatic carbocycles. The fourth-order valence-electron chi connectivity index (χ4n) is 2.49. The van der Waals surface area contributed by atoms with Crippen LogP contribution in [-0.2, 0) is 4.74 Å². The lowest BCUT2D eigenvalue weighted by atomic mass is 9.96. The third-order valence-electron chi connectivity index (χ3n) is 3.50. The van der Waals surface area contributed by atoms with Crippen molar-refractivity contribution in [3.63, 3.8) is 0 Å². The van der Waals surface area contributed by atoms with Crippen LogP contribution in [0.5, 0.6) is 0 Å². The van der Waals surface area contributed by atoms with Crippen molar-refractivity contribution in [1.29, 1.82) is 0 Å². The number of likely N-dealkylation sites (N-methyl/N-ethyl adjacent to an activating group) is 2. The van der Waals surface area contributed by atoms with Crippen LogP contribution in [0.4, 0.5) is 0 Å². The summed E-state index contributed by atoms with van der Waals surface area (Å²) < 4.78 is 5.91. The number of morpholine rings is 1. The van der Waals surface area contributed by atoms with Crippen LogP contribution in [0, 0.1) is 6.92 Å². The van der Waals surface area contributed by atoms with Gasteiger partial charge >= 0.3 is 0 Å². The Morgan fingerprint density at radius 1 is 1.41 bits per heavy atom. The van der Waals surface area contributed by atoms with E-state index in [9.17, 15) is 0 Å². The van der Waals surface area contributed by atoms with Crippen molar-refractivity contribution in [3.05, 3.63) is 35.4 Å². The number of ether oxygens (including phenoxy) is 1. The normalized spacial score (nSPS) is 23.6. The maximum absolute atomic E-state index is 5.91. The van der Waals surface area contributed by atoms with Crippen LogP contribution >= 0.6 is 0 Å². The fraction of sp³-hybridized carbons (Fsp3) is 0.571. The zero-order chi connectivity index (χ0) is 12.3. The first-order valence-corrected chi connectivity index (χ1v) is 6.25. The van der Waals surface area contributed by atoms with Gasteiger partial charge in [-0.25, -0.2) is 0 Å². The average Bonchev–Trinajstić information content (AvgIpc) is 2.33. The molecule has 0 bridgehead atoms. The Bertz CT molecular complexity index is 367. The maximum Gasteiger partial charge on any atom is 0.0896 e. The van der Waals surface area contributed by atoms with Gasteiger partial charge in [0, 0.05) is 13.1 Å². The summed E-state index contributed by atoms with van der Waals surface area (Å²) in [5.74, 6) is 0. The van der Waals surface area contributed by atoms with Gasteiger partial charge in [-0.3, -0.25) is 0 Å². The number of nitrogens with one attached hydrogen (secondary N) is 1. The summed E-state index contributed by atoms with van der Waals surface area (Å²) in [5, 5.41) is 3.40. The SMILES string of the molecule is CNC(c1ccccc1C)C1CN(C)CCO1. The van der Waals surface area contributed by atoms with Gasteiger partial charge in [-0.15, -0.1) is 0 Å². The minimum Gasteiger partial charge on any atom is -0.374 e. The van der Waals surface area contributed by atoms with Crippen molar-refractivity contribution >= 4 is 0 Å². The van der Waals surface area contributed by atoms with Gasteiger partial charge in [-0.1, -0.05) is 24.3 Å². The summed E-state index contributed by atoms with van der Waals surface area (Å²) in [5.41, 5.74) is 2.67. The molecule has 1 aliphatic rings. The zero-order valence-corrected chi connectivity index (χ0v) is 10.9. The van der Waals surface area contributed by atoms with Gasteiger partial charge in [-0.05, 0) is 32.1 Å². The lowest BCUT2D eigenvalue weighted by Gasteiger charge is -2.35. The molecule has 0 aromatic heterocycles. The molecule has 1 aromatic rings. The second kappa shape index (κ2) is 5.63. The topological polar surface area (TPSA) is 24.5 Å². The van der Waals surface area contributed by atoms with Crippen LogP contribution in [-0.4, -0.2) is 44.8 Å². The van der Waals surface area contributed by atoms with Crippen LogP contribution in [0.2, 0.25) is 0 Å². The van der Waals surface area contributed by atoms with E-state index in [4.69, 9.17) is 4.74 Å². The molecule has 1 aliphatic heterocycles. The molecular formula is C14H22N2O. The van der Waals surface area contributed by atoms with Gasteiger partial charge in [0.2, 0.25) is 0 Å². The van der Waals surface area contributed by atoms with Crippen molar-refractivity contribution < 1.29 is 4.74 Å². The van der Waals surface area contributed by atoms with Crippen molar-refractivity contribution in [2.45, 2.75) is 19.1 Å². The van der Waals surface area contributed by atoms with Crippen molar-refractivity contribution in [2.24, 2.45) is 0 Å². The molecule has 2 rings (SSSR count). The number of hydrogen-bond acceptors (Lipinski definition) is 3. The number of hydrogen-bond donors (Lipinski definition) is 1. The molecule has 3 nitrogen and oxygen atoms in total. The van der Waals surface area contributed by atoms with E-state index in [2.05, 4.69) is 48.5 Å². The Morgan fingerprint density at radius 2 is 2.18 bits per heavy atom. The first-order valence-electron chi connectivity index (χ1n) is 6.25. The predicted octanol–water partition coefficient (Wildman–Crippen LogP) is 1.59. The standard InChI is InChI=1S/C14H22N2O/c1-11-6-4-5-7-12(11)14(15-2)13-10-16(3)8-9-17-13/h4-7,13-15H,8-10H2,1-3H3. The van der Waals surface area contributed by atoms with Crippen LogP contribution in [0.1, 0.15) is 17.2 Å². The number of benzene rings is 1. The number of aryl methyl sites for hydroxylation is 1. The van der Waals surface area contributed by atoms with Crippen LogP contribution in [0.3, 0.4) is 0 Å². The maximum atomic E-state index is 5.91. The van der Waals surface area contributed by atoms with E-state index in [0.717, 1.165) is 19.7 Å². The molecule has 0 amide bonds. The van der Waals surface area contributed by atoms with Gasteiger partial charge < -0.3 is 15.0 Å². The molecule has 0 aliphatic carbocycles. The summed E-state index contributed by atoms with van der Waals surface area (Å²) in [4.78, 5) is 2.33. The minimum atomic E-state index is 0.236. The van der Waals surface area contributed by atoms with Crippen molar-refractivity contribution in [2.75, 3.05) is 33.8 Å². The minimum absolute atomic E-state index is 0.236. The van der Waals surface area contributed by atoms with Gasteiger partial charge in [0.15, 0.2) is 0 Å². The quantitative estimate of drug-likeness (QED) is 0.859. The third-order valence-corrected chi connectivity index (χ3v) is 3.50. The van der Waals surface area contributed by atoms with Crippen LogP contribution < -0.4 is 5.32 Å². The van der Waals surface area contributed by atoms with E-state index in [1.807, 2.05) is 7.05 Å². The Kier molecular flexibility index (Phi) is 4.15. The molecule has 94 valence electrons. The largest absolute Gasteiger partial charge is 0.374 e. The zero-order valence-electron chi connectivity index (χ0n) is 10.9. The molecule has 1 saturated heterocycles. The second-order valence-electron chi connectivity index (χ2n) is 4.79. The Labute approximate surface area is 104 Å². The van der Waals surface area contributed by atoms with Crippen molar-refractivity contribution in [1.82, 2.24) is 10.2 Å². The highest BCUT2D eigenvalue weighted by Crippen LogP contribution is 2.24. The molecule has 1 fully saturated rings. The van der Waals surface area contributed by atoms with Crippen LogP contribution in [0.15, 0.2) is 24.3 Å². The fourth-order valence-corrected chi connectivity index (χ4v) is 2.49. The van der Waals surface area contributed by atoms with E-state index in [-0.39, 0.29) is 12.1 Å². The van der Waals surface area contributed by atoms with E-state index < -0.39 is 0 Å². The third kappa shape index (κ3) is 2.86. The Balaban J connectivity index is 2.18. The predicted molar refractivity (Wildman–Crippen MR) is 70.2 cm³/mol. The molecular weight excluding hydrogens is 212 g/mol. The average molecular weight is 234 g/mol. The molecule has 2 atom stereocenters. The number of rotatable bonds is 3. The lowest BCUT2D eigenvalue weighted by molar-refractivity contribution is -0.0381. The first kappa shape index (κ1) is 12.6. The summed E-state index contributed by atoms with van der Waals surface area (Å²) >= 11 is 0. The summed E-state index contributed by atoms with van der Waals surface area (Å²) in [6.45, 7) is 5.00. The Morgan fingerprint density at radius 3 is 2.82 bits per heavy atom. The van der Waals surface area contributed by atoms with Gasteiger partial charge in [-0.2, -0.15) is 0 Å². The monoisotopic (exact) mass is 234 g/mol. The Hall–Kier alpha value is -0.900. The summed E-state index contributed by atoms with van der Waals surface area (Å²) in [6.07, 6.45) is 0.236. The molecule has 3 heteroatoms. The molecule has 1 heterocycles. The highest BCUT2D eigenvalue weighted by molar-refractivity contribution is 5.29. The highest BCUT2D eigenvalue weighted by atomic mass is 16.5. The van der Waals surface area contributed by atoms with Gasteiger partial charge in [0.05, 0.1) is 18.8 Å².